The molecular formula is C18H33NO. The number of hydrogen-bond donors (Lipinski definition) is 1. The zero-order chi connectivity index (χ0) is 15.6. The van der Waals surface area contributed by atoms with Crippen molar-refractivity contribution in [1.82, 2.24) is 0 Å². The van der Waals surface area contributed by atoms with Crippen molar-refractivity contribution in [1.29, 1.82) is 5.26 Å². The van der Waals surface area contributed by atoms with Crippen LogP contribution in [0.2, 0.25) is 0 Å². The third-order valence-electron chi connectivity index (χ3n) is 5.05. The first-order valence-corrected chi connectivity index (χ1v) is 8.19. The van der Waals surface area contributed by atoms with Gasteiger partial charge in [-0.05, 0) is 55.8 Å². The zero-order valence-electron chi connectivity index (χ0n) is 14.3. The molecule has 1 N–H and O–H groups in total. The number of nitriles is 1. The maximum atomic E-state index is 11.4. The van der Waals surface area contributed by atoms with Gasteiger partial charge in [-0.15, -0.1) is 0 Å². The van der Waals surface area contributed by atoms with Crippen molar-refractivity contribution < 1.29 is 5.11 Å². The summed E-state index contributed by atoms with van der Waals surface area (Å²) < 4.78 is 0. The molecule has 2 heteroatoms. The van der Waals surface area contributed by atoms with E-state index in [4.69, 9.17) is 0 Å². The predicted octanol–water partition coefficient (Wildman–Crippen LogP) is 4.92. The first-order chi connectivity index (χ1) is 9.06. The number of nitrogens with zero attached hydrogens (tertiary/aromatic N) is 1. The van der Waals surface area contributed by atoms with Crippen LogP contribution in [0.25, 0.3) is 0 Å². The second-order valence-corrected chi connectivity index (χ2v) is 8.59. The van der Waals surface area contributed by atoms with Gasteiger partial charge in [0.15, 0.2) is 0 Å². The molecule has 0 aromatic heterocycles. The molecule has 1 rings (SSSR count). The fourth-order valence-corrected chi connectivity index (χ4v) is 3.86. The van der Waals surface area contributed by atoms with E-state index in [1.165, 1.54) is 0 Å². The Morgan fingerprint density at radius 1 is 1.00 bits per heavy atom. The summed E-state index contributed by atoms with van der Waals surface area (Å²) in [5.74, 6) is 0.831. The van der Waals surface area contributed by atoms with Crippen LogP contribution in [0.3, 0.4) is 0 Å². The molecule has 1 fully saturated rings. The number of aliphatic hydroxyl groups is 1. The molecule has 1 aliphatic rings. The molecular weight excluding hydrogens is 246 g/mol. The molecule has 2 nitrogen and oxygen atoms in total. The minimum absolute atomic E-state index is 0.316. The Labute approximate surface area is 125 Å². The largest absolute Gasteiger partial charge is 0.388 e. The Morgan fingerprint density at radius 2 is 1.40 bits per heavy atom. The summed E-state index contributed by atoms with van der Waals surface area (Å²) in [6.07, 6.45) is 5.23. The van der Waals surface area contributed by atoms with Crippen molar-refractivity contribution in [2.24, 2.45) is 22.7 Å². The van der Waals surface area contributed by atoms with Gasteiger partial charge in [-0.3, -0.25) is 0 Å². The first kappa shape index (κ1) is 17.5. The summed E-state index contributed by atoms with van der Waals surface area (Å²) in [6, 6.07) is 2.56. The highest BCUT2D eigenvalue weighted by Crippen LogP contribution is 2.53. The van der Waals surface area contributed by atoms with Crippen LogP contribution >= 0.6 is 0 Å². The van der Waals surface area contributed by atoms with Crippen LogP contribution < -0.4 is 0 Å². The lowest BCUT2D eigenvalue weighted by molar-refractivity contribution is -0.110. The zero-order valence-corrected chi connectivity index (χ0v) is 14.3. The van der Waals surface area contributed by atoms with Crippen LogP contribution in [0, 0.1) is 34.0 Å². The molecule has 0 heterocycles. The molecule has 1 aliphatic carbocycles. The van der Waals surface area contributed by atoms with Gasteiger partial charge in [0.2, 0.25) is 0 Å². The molecule has 0 aromatic carbocycles. The minimum Gasteiger partial charge on any atom is -0.388 e. The fourth-order valence-electron chi connectivity index (χ4n) is 3.86. The van der Waals surface area contributed by atoms with Gasteiger partial charge in [0.25, 0.3) is 0 Å². The molecule has 1 saturated carbocycles. The van der Waals surface area contributed by atoms with Gasteiger partial charge < -0.3 is 5.11 Å². The second-order valence-electron chi connectivity index (χ2n) is 8.59. The van der Waals surface area contributed by atoms with E-state index in [-0.39, 0.29) is 0 Å². The third kappa shape index (κ3) is 3.76. The van der Waals surface area contributed by atoms with Gasteiger partial charge in [-0.2, -0.15) is 5.26 Å². The monoisotopic (exact) mass is 279 g/mol. The molecule has 0 bridgehead atoms. The molecule has 0 aromatic rings. The van der Waals surface area contributed by atoms with Gasteiger partial charge in [0.1, 0.15) is 0 Å². The van der Waals surface area contributed by atoms with E-state index in [0.717, 1.165) is 38.5 Å². The number of rotatable bonds is 5. The molecule has 0 aliphatic heterocycles. The lowest BCUT2D eigenvalue weighted by atomic mass is 9.56. The van der Waals surface area contributed by atoms with Crippen molar-refractivity contribution in [3.05, 3.63) is 0 Å². The van der Waals surface area contributed by atoms with Crippen molar-refractivity contribution in [3.63, 3.8) is 0 Å². The highest BCUT2D eigenvalue weighted by molar-refractivity contribution is 5.14. The summed E-state index contributed by atoms with van der Waals surface area (Å²) >= 11 is 0. The molecule has 0 spiro atoms. The Morgan fingerprint density at radius 3 is 1.70 bits per heavy atom. The summed E-state index contributed by atoms with van der Waals surface area (Å²) in [6.45, 7) is 13.1. The van der Waals surface area contributed by atoms with Gasteiger partial charge in [0.05, 0.1) is 17.1 Å². The average molecular weight is 279 g/mol. The summed E-state index contributed by atoms with van der Waals surface area (Å²) in [7, 11) is 0. The molecule has 20 heavy (non-hydrogen) atoms. The van der Waals surface area contributed by atoms with E-state index in [1.807, 2.05) is 0 Å². The Bertz CT molecular complexity index is 342. The van der Waals surface area contributed by atoms with Gasteiger partial charge in [-0.1, -0.05) is 41.5 Å². The van der Waals surface area contributed by atoms with E-state index in [1.54, 1.807) is 0 Å². The van der Waals surface area contributed by atoms with Crippen molar-refractivity contribution >= 4 is 0 Å². The van der Waals surface area contributed by atoms with Gasteiger partial charge in [-0.25, -0.2) is 0 Å². The molecule has 0 radical (unpaired) electrons. The fraction of sp³-hybridized carbons (Fsp3) is 0.944. The van der Waals surface area contributed by atoms with Crippen molar-refractivity contribution in [2.45, 2.75) is 85.7 Å². The van der Waals surface area contributed by atoms with E-state index < -0.39 is 11.0 Å². The highest BCUT2D eigenvalue weighted by Gasteiger charge is 2.53. The predicted molar refractivity (Wildman–Crippen MR) is 84.2 cm³/mol. The summed E-state index contributed by atoms with van der Waals surface area (Å²) in [5.41, 5.74) is -1.06. The minimum atomic E-state index is -0.833. The second kappa shape index (κ2) is 6.06. The normalized spacial score (nSPS) is 22.0. The standard InChI is InChI=1S/C18H33NO/c1-14(2)11-18(20,12-15(3)4)17(13-19)9-7-16(5,6)8-10-17/h14-15,20H,7-12H2,1-6H3. The van der Waals surface area contributed by atoms with Crippen LogP contribution in [0.15, 0.2) is 0 Å². The molecule has 116 valence electrons. The smallest absolute Gasteiger partial charge is 0.0860 e. The molecule has 0 saturated heterocycles. The van der Waals surface area contributed by atoms with E-state index in [2.05, 4.69) is 47.6 Å². The molecule has 0 unspecified atom stereocenters. The van der Waals surface area contributed by atoms with Crippen LogP contribution in [-0.4, -0.2) is 10.7 Å². The van der Waals surface area contributed by atoms with Crippen LogP contribution in [0.5, 0.6) is 0 Å². The quantitative estimate of drug-likeness (QED) is 0.776. The van der Waals surface area contributed by atoms with E-state index >= 15 is 0 Å². The van der Waals surface area contributed by atoms with Crippen molar-refractivity contribution in [2.75, 3.05) is 0 Å². The van der Waals surface area contributed by atoms with Crippen molar-refractivity contribution in [3.8, 4) is 6.07 Å². The topological polar surface area (TPSA) is 44.0 Å². The average Bonchev–Trinajstić information content (AvgIpc) is 2.27. The lowest BCUT2D eigenvalue weighted by Gasteiger charge is -2.50. The molecule has 0 atom stereocenters. The Kier molecular flexibility index (Phi) is 5.30. The maximum Gasteiger partial charge on any atom is 0.0860 e. The summed E-state index contributed by atoms with van der Waals surface area (Å²) in [4.78, 5) is 0. The number of hydrogen-bond acceptors (Lipinski definition) is 2. The van der Waals surface area contributed by atoms with E-state index in [0.29, 0.717) is 17.3 Å². The maximum absolute atomic E-state index is 11.4. The SMILES string of the molecule is CC(C)CC(O)(CC(C)C)C1(C#N)CCC(C)(C)CC1. The lowest BCUT2D eigenvalue weighted by Crippen LogP contribution is -2.52. The van der Waals surface area contributed by atoms with Gasteiger partial charge >= 0.3 is 0 Å². The molecule has 0 amide bonds. The van der Waals surface area contributed by atoms with Crippen LogP contribution in [-0.2, 0) is 0 Å². The first-order valence-electron chi connectivity index (χ1n) is 8.19. The van der Waals surface area contributed by atoms with Crippen LogP contribution in [0.4, 0.5) is 0 Å². The summed E-state index contributed by atoms with van der Waals surface area (Å²) in [5, 5.41) is 21.2. The van der Waals surface area contributed by atoms with E-state index in [9.17, 15) is 10.4 Å². The highest BCUT2D eigenvalue weighted by atomic mass is 16.3. The Hall–Kier alpha value is -0.550. The third-order valence-corrected chi connectivity index (χ3v) is 5.05. The van der Waals surface area contributed by atoms with Gasteiger partial charge in [0, 0.05) is 0 Å². The Balaban J connectivity index is 3.06. The van der Waals surface area contributed by atoms with Crippen LogP contribution in [0.1, 0.15) is 80.1 Å².